The third kappa shape index (κ3) is 2.17. The topological polar surface area (TPSA) is 42.9 Å². The van der Waals surface area contributed by atoms with Gasteiger partial charge in [-0.25, -0.2) is 0 Å². The Morgan fingerprint density at radius 1 is 1.25 bits per heavy atom. The zero-order valence-corrected chi connectivity index (χ0v) is 9.99. The number of hydrogen-bond acceptors (Lipinski definition) is 4. The number of rotatable bonds is 3. The van der Waals surface area contributed by atoms with E-state index in [0.29, 0.717) is 16.4 Å². The minimum Gasteiger partial charge on any atom is -0.288 e. The minimum absolute atomic E-state index is 0.00898. The summed E-state index contributed by atoms with van der Waals surface area (Å²) in [6.07, 6.45) is 1.50. The van der Waals surface area contributed by atoms with Crippen LogP contribution in [0.5, 0.6) is 0 Å². The summed E-state index contributed by atoms with van der Waals surface area (Å²) < 4.78 is 3.69. The summed E-state index contributed by atoms with van der Waals surface area (Å²) in [5, 5.41) is 3.66. The molecule has 3 nitrogen and oxygen atoms in total. The van der Waals surface area contributed by atoms with Gasteiger partial charge in [0.2, 0.25) is 5.78 Å². The largest absolute Gasteiger partial charge is 0.288 e. The monoisotopic (exact) mass is 232 g/mol. The second-order valence-electron chi connectivity index (χ2n) is 3.89. The van der Waals surface area contributed by atoms with E-state index in [1.54, 1.807) is 0 Å². The third-order valence-electron chi connectivity index (χ3n) is 2.42. The predicted molar refractivity (Wildman–Crippen MR) is 63.9 cm³/mol. The first-order chi connectivity index (χ1) is 7.68. The molecule has 0 radical (unpaired) electrons. The van der Waals surface area contributed by atoms with Gasteiger partial charge in [0.1, 0.15) is 4.88 Å². The Balaban J connectivity index is 2.25. The van der Waals surface area contributed by atoms with Gasteiger partial charge in [0.15, 0.2) is 0 Å². The van der Waals surface area contributed by atoms with Crippen LogP contribution in [0.15, 0.2) is 30.5 Å². The van der Waals surface area contributed by atoms with Crippen LogP contribution in [0.25, 0.3) is 0 Å². The number of carbonyl (C=O) groups excluding carboxylic acids is 1. The van der Waals surface area contributed by atoms with Crippen LogP contribution < -0.4 is 0 Å². The summed E-state index contributed by atoms with van der Waals surface area (Å²) in [4.78, 5) is 12.5. The Morgan fingerprint density at radius 3 is 2.44 bits per heavy atom. The molecule has 2 aromatic rings. The number of benzene rings is 1. The molecule has 1 aromatic heterocycles. The lowest BCUT2D eigenvalue weighted by molar-refractivity contribution is 0.104. The van der Waals surface area contributed by atoms with Crippen molar-refractivity contribution in [2.45, 2.75) is 19.8 Å². The molecule has 0 aliphatic rings. The molecule has 0 saturated heterocycles. The Bertz CT molecular complexity index is 474. The SMILES string of the molecule is CC(C)c1ccc(C(=O)c2cnns2)cc1. The standard InChI is InChI=1S/C12H12N2OS/c1-8(2)9-3-5-10(6-4-9)12(15)11-7-13-14-16-11/h3-8H,1-2H3. The van der Waals surface area contributed by atoms with Crippen molar-refractivity contribution >= 4 is 17.3 Å². The number of hydrogen-bond donors (Lipinski definition) is 0. The predicted octanol–water partition coefficient (Wildman–Crippen LogP) is 2.89. The van der Waals surface area contributed by atoms with Gasteiger partial charge in [0, 0.05) is 5.56 Å². The first-order valence-corrected chi connectivity index (χ1v) is 5.88. The lowest BCUT2D eigenvalue weighted by Crippen LogP contribution is -1.99. The molecule has 0 amide bonds. The van der Waals surface area contributed by atoms with Crippen molar-refractivity contribution in [2.75, 3.05) is 0 Å². The highest BCUT2D eigenvalue weighted by Gasteiger charge is 2.11. The van der Waals surface area contributed by atoms with Gasteiger partial charge in [-0.2, -0.15) is 0 Å². The average molecular weight is 232 g/mol. The molecule has 0 aliphatic heterocycles. The molecular weight excluding hydrogens is 220 g/mol. The fourth-order valence-corrected chi connectivity index (χ4v) is 1.91. The van der Waals surface area contributed by atoms with Gasteiger partial charge in [-0.3, -0.25) is 4.79 Å². The van der Waals surface area contributed by atoms with Crippen LogP contribution in [-0.4, -0.2) is 15.4 Å². The minimum atomic E-state index is -0.00898. The summed E-state index contributed by atoms with van der Waals surface area (Å²) in [7, 11) is 0. The van der Waals surface area contributed by atoms with Crippen molar-refractivity contribution in [3.63, 3.8) is 0 Å². The van der Waals surface area contributed by atoms with E-state index >= 15 is 0 Å². The lowest BCUT2D eigenvalue weighted by atomic mass is 10.0. The van der Waals surface area contributed by atoms with Crippen LogP contribution >= 0.6 is 11.5 Å². The molecule has 0 atom stereocenters. The molecule has 0 bridgehead atoms. The lowest BCUT2D eigenvalue weighted by Gasteiger charge is -2.05. The summed E-state index contributed by atoms with van der Waals surface area (Å²) in [6, 6.07) is 7.70. The molecule has 1 heterocycles. The Kier molecular flexibility index (Phi) is 3.10. The first-order valence-electron chi connectivity index (χ1n) is 5.10. The van der Waals surface area contributed by atoms with E-state index in [0.717, 1.165) is 11.5 Å². The van der Waals surface area contributed by atoms with E-state index in [1.165, 1.54) is 11.8 Å². The Morgan fingerprint density at radius 2 is 1.94 bits per heavy atom. The van der Waals surface area contributed by atoms with Crippen molar-refractivity contribution in [3.05, 3.63) is 46.5 Å². The number of aromatic nitrogens is 2. The van der Waals surface area contributed by atoms with Gasteiger partial charge < -0.3 is 0 Å². The van der Waals surface area contributed by atoms with E-state index in [2.05, 4.69) is 23.4 Å². The molecular formula is C12H12N2OS. The first kappa shape index (κ1) is 11.0. The van der Waals surface area contributed by atoms with Gasteiger partial charge in [-0.1, -0.05) is 42.6 Å². The maximum atomic E-state index is 11.9. The highest BCUT2D eigenvalue weighted by atomic mass is 32.1. The maximum Gasteiger partial charge on any atom is 0.206 e. The normalized spacial score (nSPS) is 10.7. The average Bonchev–Trinajstić information content (AvgIpc) is 2.81. The van der Waals surface area contributed by atoms with Crippen LogP contribution in [0.4, 0.5) is 0 Å². The van der Waals surface area contributed by atoms with Gasteiger partial charge in [0.25, 0.3) is 0 Å². The van der Waals surface area contributed by atoms with Crippen LogP contribution in [0.1, 0.15) is 40.6 Å². The summed E-state index contributed by atoms with van der Waals surface area (Å²) in [5.41, 5.74) is 1.93. The second kappa shape index (κ2) is 4.53. The molecule has 2 rings (SSSR count). The Hall–Kier alpha value is -1.55. The molecule has 0 unspecified atom stereocenters. The zero-order valence-electron chi connectivity index (χ0n) is 9.18. The van der Waals surface area contributed by atoms with Crippen molar-refractivity contribution in [2.24, 2.45) is 0 Å². The fraction of sp³-hybridized carbons (Fsp3) is 0.250. The van der Waals surface area contributed by atoms with E-state index in [4.69, 9.17) is 0 Å². The summed E-state index contributed by atoms with van der Waals surface area (Å²) in [6.45, 7) is 4.26. The third-order valence-corrected chi connectivity index (χ3v) is 3.09. The van der Waals surface area contributed by atoms with Gasteiger partial charge in [-0.05, 0) is 23.0 Å². The molecule has 0 aliphatic carbocycles. The zero-order chi connectivity index (χ0) is 11.5. The van der Waals surface area contributed by atoms with Crippen LogP contribution in [0, 0.1) is 0 Å². The van der Waals surface area contributed by atoms with Gasteiger partial charge >= 0.3 is 0 Å². The van der Waals surface area contributed by atoms with E-state index in [1.807, 2.05) is 24.3 Å². The molecule has 16 heavy (non-hydrogen) atoms. The number of nitrogens with zero attached hydrogens (tertiary/aromatic N) is 2. The smallest absolute Gasteiger partial charge is 0.206 e. The molecule has 0 spiro atoms. The number of ketones is 1. The fourth-order valence-electron chi connectivity index (χ4n) is 1.43. The molecule has 1 aromatic carbocycles. The highest BCUT2D eigenvalue weighted by Crippen LogP contribution is 2.17. The summed E-state index contributed by atoms with van der Waals surface area (Å²) >= 11 is 1.13. The maximum absolute atomic E-state index is 11.9. The van der Waals surface area contributed by atoms with Gasteiger partial charge in [0.05, 0.1) is 6.20 Å². The molecule has 0 fully saturated rings. The number of carbonyl (C=O) groups is 1. The Labute approximate surface area is 98.3 Å². The van der Waals surface area contributed by atoms with Crippen molar-refractivity contribution in [1.82, 2.24) is 9.59 Å². The molecule has 0 saturated carbocycles. The summed E-state index contributed by atoms with van der Waals surface area (Å²) in [5.74, 6) is 0.472. The molecule has 0 N–H and O–H groups in total. The molecule has 82 valence electrons. The van der Waals surface area contributed by atoms with E-state index in [-0.39, 0.29) is 5.78 Å². The molecule has 4 heteroatoms. The van der Waals surface area contributed by atoms with Crippen LogP contribution in [0.2, 0.25) is 0 Å². The van der Waals surface area contributed by atoms with Crippen molar-refractivity contribution in [3.8, 4) is 0 Å². The van der Waals surface area contributed by atoms with Crippen molar-refractivity contribution in [1.29, 1.82) is 0 Å². The van der Waals surface area contributed by atoms with E-state index in [9.17, 15) is 4.79 Å². The second-order valence-corrected chi connectivity index (χ2v) is 4.67. The van der Waals surface area contributed by atoms with Crippen molar-refractivity contribution < 1.29 is 4.79 Å². The van der Waals surface area contributed by atoms with Gasteiger partial charge in [-0.15, -0.1) is 5.10 Å². The van der Waals surface area contributed by atoms with E-state index < -0.39 is 0 Å². The van der Waals surface area contributed by atoms with Crippen LogP contribution in [-0.2, 0) is 0 Å². The van der Waals surface area contributed by atoms with Crippen LogP contribution in [0.3, 0.4) is 0 Å². The quantitative estimate of drug-likeness (QED) is 0.764. The highest BCUT2D eigenvalue weighted by molar-refractivity contribution is 7.08.